The molecule has 106 valence electrons. The number of carbonyl (C=O) groups is 2. The molecule has 5 heteroatoms. The smallest absolute Gasteiger partial charge is 0.251 e. The zero-order valence-corrected chi connectivity index (χ0v) is 14.3. The predicted octanol–water partition coefficient (Wildman–Crippen LogP) is 4.34. The van der Waals surface area contributed by atoms with E-state index in [1.54, 1.807) is 19.1 Å². The summed E-state index contributed by atoms with van der Waals surface area (Å²) < 4.78 is -0.841. The molecule has 0 heterocycles. The van der Waals surface area contributed by atoms with Crippen molar-refractivity contribution in [1.82, 2.24) is 0 Å². The monoisotopic (exact) mass is 407 g/mol. The third-order valence-corrected chi connectivity index (χ3v) is 4.10. The van der Waals surface area contributed by atoms with Gasteiger partial charge in [0.1, 0.15) is 0 Å². The van der Waals surface area contributed by atoms with Gasteiger partial charge in [-0.2, -0.15) is 0 Å². The second-order valence-electron chi connectivity index (χ2n) is 4.98. The topological polar surface area (TPSA) is 46.2 Å². The van der Waals surface area contributed by atoms with Gasteiger partial charge in [0, 0.05) is 16.8 Å². The average molecular weight is 409 g/mol. The van der Waals surface area contributed by atoms with E-state index in [1.807, 2.05) is 30.3 Å². The number of anilines is 1. The Morgan fingerprint density at radius 3 is 2.29 bits per heavy atom. The Balaban J connectivity index is 1.98. The van der Waals surface area contributed by atoms with Gasteiger partial charge in [-0.1, -0.05) is 62.2 Å². The molecular formula is C16H11Br2NO2. The van der Waals surface area contributed by atoms with Gasteiger partial charge in [0.2, 0.25) is 0 Å². The zero-order chi connectivity index (χ0) is 15.2. The van der Waals surface area contributed by atoms with Crippen LogP contribution in [0.5, 0.6) is 0 Å². The van der Waals surface area contributed by atoms with Crippen LogP contribution in [0.15, 0.2) is 42.5 Å². The van der Waals surface area contributed by atoms with Crippen LogP contribution in [0.2, 0.25) is 0 Å². The summed E-state index contributed by atoms with van der Waals surface area (Å²) in [4.78, 5) is 24.3. The molecule has 0 saturated carbocycles. The number of nitrogens with one attached hydrogen (secondary N) is 1. The van der Waals surface area contributed by atoms with Crippen molar-refractivity contribution in [3.63, 3.8) is 0 Å². The first kappa shape index (κ1) is 14.5. The summed E-state index contributed by atoms with van der Waals surface area (Å²) in [5.74, 6) is -0.234. The number of hydrogen-bond acceptors (Lipinski definition) is 2. The van der Waals surface area contributed by atoms with Crippen molar-refractivity contribution in [2.45, 2.75) is 10.2 Å². The van der Waals surface area contributed by atoms with Crippen molar-refractivity contribution in [2.24, 2.45) is 0 Å². The summed E-state index contributed by atoms with van der Waals surface area (Å²) in [5, 5.41) is 2.77. The fourth-order valence-corrected chi connectivity index (χ4v) is 2.54. The highest BCUT2D eigenvalue weighted by Gasteiger charge is 2.28. The SMILES string of the molecule is CC(Br)(Br)C(=O)Nc1ccc2c(c1)C(=O)c1ccccc1-2. The summed E-state index contributed by atoms with van der Waals surface area (Å²) >= 11 is 6.47. The molecule has 21 heavy (non-hydrogen) atoms. The molecule has 0 aromatic heterocycles. The summed E-state index contributed by atoms with van der Waals surface area (Å²) in [6, 6.07) is 12.9. The molecular weight excluding hydrogens is 398 g/mol. The first-order chi connectivity index (χ1) is 9.88. The molecule has 0 unspecified atom stereocenters. The van der Waals surface area contributed by atoms with E-state index in [0.717, 1.165) is 11.1 Å². The van der Waals surface area contributed by atoms with Crippen LogP contribution in [0.3, 0.4) is 0 Å². The maximum Gasteiger partial charge on any atom is 0.251 e. The second-order valence-corrected chi connectivity index (χ2v) is 9.21. The summed E-state index contributed by atoms with van der Waals surface area (Å²) in [6.07, 6.45) is 0. The molecule has 3 nitrogen and oxygen atoms in total. The highest BCUT2D eigenvalue weighted by Crippen LogP contribution is 2.38. The lowest BCUT2D eigenvalue weighted by Crippen LogP contribution is -2.28. The van der Waals surface area contributed by atoms with E-state index in [1.165, 1.54) is 0 Å². The van der Waals surface area contributed by atoms with Crippen LogP contribution < -0.4 is 5.32 Å². The van der Waals surface area contributed by atoms with Gasteiger partial charge in [-0.05, 0) is 30.2 Å². The lowest BCUT2D eigenvalue weighted by Gasteiger charge is -2.14. The molecule has 1 aliphatic carbocycles. The first-order valence-electron chi connectivity index (χ1n) is 6.35. The molecule has 1 amide bonds. The van der Waals surface area contributed by atoms with Crippen LogP contribution in [0, 0.1) is 0 Å². The number of ketones is 1. The predicted molar refractivity (Wildman–Crippen MR) is 90.2 cm³/mol. The van der Waals surface area contributed by atoms with Crippen molar-refractivity contribution in [3.05, 3.63) is 53.6 Å². The number of fused-ring (bicyclic) bond motifs is 3. The lowest BCUT2D eigenvalue weighted by atomic mass is 10.1. The van der Waals surface area contributed by atoms with Crippen molar-refractivity contribution in [2.75, 3.05) is 5.32 Å². The molecule has 3 rings (SSSR count). The van der Waals surface area contributed by atoms with Gasteiger partial charge in [0.05, 0.1) is 0 Å². The molecule has 0 saturated heterocycles. The normalized spacial score (nSPS) is 12.8. The minimum absolute atomic E-state index is 0.00264. The third kappa shape index (κ3) is 2.56. The van der Waals surface area contributed by atoms with Gasteiger partial charge >= 0.3 is 0 Å². The number of benzene rings is 2. The molecule has 0 fully saturated rings. The van der Waals surface area contributed by atoms with Crippen LogP contribution >= 0.6 is 31.9 Å². The number of carbonyl (C=O) groups excluding carboxylic acids is 2. The van der Waals surface area contributed by atoms with Gasteiger partial charge < -0.3 is 5.32 Å². The molecule has 2 aromatic carbocycles. The zero-order valence-electron chi connectivity index (χ0n) is 11.1. The van der Waals surface area contributed by atoms with Crippen molar-refractivity contribution in [1.29, 1.82) is 0 Å². The van der Waals surface area contributed by atoms with Crippen LogP contribution in [-0.2, 0) is 4.79 Å². The summed E-state index contributed by atoms with van der Waals surface area (Å²) in [6.45, 7) is 1.69. The Labute approximate surface area is 139 Å². The van der Waals surface area contributed by atoms with Crippen molar-refractivity contribution < 1.29 is 9.59 Å². The first-order valence-corrected chi connectivity index (χ1v) is 7.94. The van der Waals surface area contributed by atoms with Gasteiger partial charge in [-0.3, -0.25) is 9.59 Å². The maximum atomic E-state index is 12.4. The largest absolute Gasteiger partial charge is 0.324 e. The van der Waals surface area contributed by atoms with E-state index in [2.05, 4.69) is 37.2 Å². The Kier molecular flexibility index (Phi) is 3.50. The minimum Gasteiger partial charge on any atom is -0.324 e. The molecule has 0 spiro atoms. The fraction of sp³-hybridized carbons (Fsp3) is 0.125. The highest BCUT2D eigenvalue weighted by molar-refractivity contribution is 9.25. The molecule has 0 atom stereocenters. The molecule has 1 aliphatic rings. The number of amides is 1. The van der Waals surface area contributed by atoms with Crippen LogP contribution in [0.25, 0.3) is 11.1 Å². The highest BCUT2D eigenvalue weighted by atomic mass is 79.9. The fourth-order valence-electron chi connectivity index (χ4n) is 2.35. The lowest BCUT2D eigenvalue weighted by molar-refractivity contribution is -0.115. The third-order valence-electron chi connectivity index (χ3n) is 3.38. The van der Waals surface area contributed by atoms with Gasteiger partial charge in [0.25, 0.3) is 5.91 Å². The van der Waals surface area contributed by atoms with Crippen molar-refractivity contribution in [3.8, 4) is 11.1 Å². The Bertz CT molecular complexity index is 763. The van der Waals surface area contributed by atoms with Crippen molar-refractivity contribution >= 4 is 49.2 Å². The average Bonchev–Trinajstić information content (AvgIpc) is 2.72. The molecule has 0 aliphatic heterocycles. The molecule has 0 bridgehead atoms. The van der Waals surface area contributed by atoms with E-state index in [9.17, 15) is 9.59 Å². The number of halogens is 2. The number of alkyl halides is 2. The standard InChI is InChI=1S/C16H11Br2NO2/c1-16(17,18)15(21)19-9-6-7-11-10-4-2-3-5-12(10)14(20)13(11)8-9/h2-8H,1H3,(H,19,21). The number of rotatable bonds is 2. The summed E-state index contributed by atoms with van der Waals surface area (Å²) in [5.41, 5.74) is 3.79. The second kappa shape index (κ2) is 5.07. The van der Waals surface area contributed by atoms with E-state index < -0.39 is 3.23 Å². The molecule has 0 radical (unpaired) electrons. The van der Waals surface area contributed by atoms with E-state index >= 15 is 0 Å². The van der Waals surface area contributed by atoms with Crippen LogP contribution in [0.4, 0.5) is 5.69 Å². The van der Waals surface area contributed by atoms with Gasteiger partial charge in [0.15, 0.2) is 9.02 Å². The minimum atomic E-state index is -0.841. The van der Waals surface area contributed by atoms with E-state index in [-0.39, 0.29) is 11.7 Å². The van der Waals surface area contributed by atoms with E-state index in [4.69, 9.17) is 0 Å². The number of hydrogen-bond donors (Lipinski definition) is 1. The van der Waals surface area contributed by atoms with Crippen LogP contribution in [0.1, 0.15) is 22.8 Å². The maximum absolute atomic E-state index is 12.4. The Morgan fingerprint density at radius 2 is 1.62 bits per heavy atom. The van der Waals surface area contributed by atoms with Gasteiger partial charge in [-0.15, -0.1) is 0 Å². The Hall–Kier alpha value is -1.46. The van der Waals surface area contributed by atoms with Crippen LogP contribution in [-0.4, -0.2) is 14.9 Å². The molecule has 1 N–H and O–H groups in total. The van der Waals surface area contributed by atoms with Gasteiger partial charge in [-0.25, -0.2) is 0 Å². The quantitative estimate of drug-likeness (QED) is 0.641. The molecule has 2 aromatic rings. The van der Waals surface area contributed by atoms with E-state index in [0.29, 0.717) is 16.8 Å². The Morgan fingerprint density at radius 1 is 1.00 bits per heavy atom. The summed E-state index contributed by atoms with van der Waals surface area (Å²) in [7, 11) is 0.